The van der Waals surface area contributed by atoms with Crippen LogP contribution in [0.5, 0.6) is 0 Å². The number of hydrogen-bond acceptors (Lipinski definition) is 8. The molecule has 1 aromatic carbocycles. The molecule has 4 heterocycles. The number of furan rings is 1. The van der Waals surface area contributed by atoms with Crippen molar-refractivity contribution in [2.24, 2.45) is 0 Å². The predicted molar refractivity (Wildman–Crippen MR) is 122 cm³/mol. The van der Waals surface area contributed by atoms with E-state index in [1.807, 2.05) is 24.3 Å². The fourth-order valence-corrected chi connectivity index (χ4v) is 5.67. The summed E-state index contributed by atoms with van der Waals surface area (Å²) in [6.07, 6.45) is 1.23. The Bertz CT molecular complexity index is 1160. The van der Waals surface area contributed by atoms with Gasteiger partial charge in [0.15, 0.2) is 10.9 Å². The summed E-state index contributed by atoms with van der Waals surface area (Å²) in [5.74, 6) is 0.740. The van der Waals surface area contributed by atoms with E-state index in [4.69, 9.17) is 20.8 Å². The number of carbonyl (C=O) groups excluding carboxylic acids is 2. The maximum Gasteiger partial charge on any atom is 0.409 e. The van der Waals surface area contributed by atoms with Gasteiger partial charge in [-0.3, -0.25) is 9.69 Å². The van der Waals surface area contributed by atoms with Crippen LogP contribution in [0.2, 0.25) is 5.02 Å². The largest absolute Gasteiger partial charge is 0.461 e. The van der Waals surface area contributed by atoms with Gasteiger partial charge in [-0.2, -0.15) is 9.67 Å². The molecule has 2 unspecified atom stereocenters. The standard InChI is InChI=1S/C22H22ClN5O4S/c1-2-31-22(30)27-11-9-26(10-12-27)17(14-6-3-4-7-15(14)23)18-20(29)28-21(33-18)24-19(25-28)16-8-5-13-32-16/h3-8,13,17-18H,2,9-12H2,1H3. The molecule has 33 heavy (non-hydrogen) atoms. The average molecular weight is 488 g/mol. The van der Waals surface area contributed by atoms with E-state index in [0.29, 0.717) is 54.5 Å². The zero-order valence-electron chi connectivity index (χ0n) is 17.9. The number of nitrogens with zero attached hydrogens (tertiary/aromatic N) is 5. The summed E-state index contributed by atoms with van der Waals surface area (Å²) in [6.45, 7) is 4.33. The van der Waals surface area contributed by atoms with Crippen molar-refractivity contribution in [3.05, 3.63) is 53.2 Å². The molecule has 2 atom stereocenters. The molecule has 2 aliphatic rings. The molecule has 172 valence electrons. The van der Waals surface area contributed by atoms with E-state index in [-0.39, 0.29) is 18.0 Å². The predicted octanol–water partition coefficient (Wildman–Crippen LogP) is 3.82. The van der Waals surface area contributed by atoms with Crippen molar-refractivity contribution in [2.45, 2.75) is 23.4 Å². The number of carbonyl (C=O) groups is 2. The van der Waals surface area contributed by atoms with Gasteiger partial charge in [0.05, 0.1) is 18.9 Å². The number of rotatable bonds is 5. The van der Waals surface area contributed by atoms with Crippen LogP contribution in [0.15, 0.2) is 52.2 Å². The van der Waals surface area contributed by atoms with E-state index >= 15 is 0 Å². The van der Waals surface area contributed by atoms with Gasteiger partial charge in [0.2, 0.25) is 5.82 Å². The molecule has 9 nitrogen and oxygen atoms in total. The van der Waals surface area contributed by atoms with Crippen LogP contribution in [0.25, 0.3) is 11.6 Å². The summed E-state index contributed by atoms with van der Waals surface area (Å²) in [6, 6.07) is 10.8. The zero-order chi connectivity index (χ0) is 22.9. The summed E-state index contributed by atoms with van der Waals surface area (Å²) >= 11 is 7.96. The Kier molecular flexibility index (Phi) is 6.13. The Labute approximate surface area is 199 Å². The van der Waals surface area contributed by atoms with Crippen LogP contribution < -0.4 is 0 Å². The molecule has 11 heteroatoms. The minimum absolute atomic E-state index is 0.155. The lowest BCUT2D eigenvalue weighted by Gasteiger charge is -2.40. The number of benzene rings is 1. The second-order valence-corrected chi connectivity index (χ2v) is 9.19. The van der Waals surface area contributed by atoms with Crippen LogP contribution in [-0.4, -0.2) is 74.6 Å². The lowest BCUT2D eigenvalue weighted by molar-refractivity contribution is 0.0601. The van der Waals surface area contributed by atoms with Gasteiger partial charge in [0.1, 0.15) is 5.25 Å². The van der Waals surface area contributed by atoms with Crippen molar-refractivity contribution in [1.82, 2.24) is 24.6 Å². The maximum absolute atomic E-state index is 13.5. The van der Waals surface area contributed by atoms with E-state index in [1.54, 1.807) is 30.2 Å². The molecule has 1 fully saturated rings. The highest BCUT2D eigenvalue weighted by Crippen LogP contribution is 2.43. The lowest BCUT2D eigenvalue weighted by Crippen LogP contribution is -2.52. The SMILES string of the molecule is CCOC(=O)N1CCN(C(c2ccccc2Cl)C2Sc3nc(-c4ccco4)nn3C2=O)CC1. The summed E-state index contributed by atoms with van der Waals surface area (Å²) in [5, 5.41) is 5.03. The second-order valence-electron chi connectivity index (χ2n) is 7.67. The van der Waals surface area contributed by atoms with Crippen molar-refractivity contribution in [3.63, 3.8) is 0 Å². The Balaban J connectivity index is 1.41. The molecule has 0 spiro atoms. The summed E-state index contributed by atoms with van der Waals surface area (Å²) in [5.41, 5.74) is 0.867. The normalized spacial score (nSPS) is 19.5. The van der Waals surface area contributed by atoms with Gasteiger partial charge < -0.3 is 14.1 Å². The molecular formula is C22H22ClN5O4S. The van der Waals surface area contributed by atoms with Crippen LogP contribution in [0.3, 0.4) is 0 Å². The molecule has 0 saturated carbocycles. The fourth-order valence-electron chi connectivity index (χ4n) is 4.18. The highest BCUT2D eigenvalue weighted by molar-refractivity contribution is 8.00. The molecule has 2 aromatic heterocycles. The summed E-state index contributed by atoms with van der Waals surface area (Å²) in [4.78, 5) is 34.0. The number of hydrogen-bond donors (Lipinski definition) is 0. The van der Waals surface area contributed by atoms with Crippen LogP contribution in [0, 0.1) is 0 Å². The molecule has 3 aromatic rings. The van der Waals surface area contributed by atoms with Crippen LogP contribution >= 0.6 is 23.4 Å². The average Bonchev–Trinajstić information content (AvgIpc) is 3.55. The molecule has 0 radical (unpaired) electrons. The van der Waals surface area contributed by atoms with Crippen molar-refractivity contribution in [1.29, 1.82) is 0 Å². The van der Waals surface area contributed by atoms with Gasteiger partial charge >= 0.3 is 6.09 Å². The topological polar surface area (TPSA) is 93.7 Å². The van der Waals surface area contributed by atoms with E-state index < -0.39 is 5.25 Å². The molecule has 2 aliphatic heterocycles. The smallest absolute Gasteiger partial charge is 0.409 e. The van der Waals surface area contributed by atoms with E-state index in [1.165, 1.54) is 16.4 Å². The van der Waals surface area contributed by atoms with Crippen molar-refractivity contribution in [3.8, 4) is 11.6 Å². The minimum atomic E-state index is -0.473. The Morgan fingerprint density at radius 2 is 2.03 bits per heavy atom. The number of ether oxygens (including phenoxy) is 1. The minimum Gasteiger partial charge on any atom is -0.461 e. The number of halogens is 1. The maximum atomic E-state index is 13.5. The molecule has 1 amide bonds. The molecule has 0 aliphatic carbocycles. The summed E-state index contributed by atoms with van der Waals surface area (Å²) < 4.78 is 11.9. The van der Waals surface area contributed by atoms with E-state index in [9.17, 15) is 9.59 Å². The monoisotopic (exact) mass is 487 g/mol. The number of piperazine rings is 1. The number of thioether (sulfide) groups is 1. The second kappa shape index (κ2) is 9.20. The van der Waals surface area contributed by atoms with Crippen molar-refractivity contribution in [2.75, 3.05) is 32.8 Å². The lowest BCUT2D eigenvalue weighted by atomic mass is 10.00. The Hall–Kier alpha value is -2.82. The first kappa shape index (κ1) is 22.0. The third-order valence-corrected chi connectivity index (χ3v) is 7.28. The summed E-state index contributed by atoms with van der Waals surface area (Å²) in [7, 11) is 0. The third kappa shape index (κ3) is 4.14. The highest BCUT2D eigenvalue weighted by Gasteiger charge is 2.44. The van der Waals surface area contributed by atoms with Gasteiger partial charge in [-0.15, -0.1) is 5.10 Å². The van der Waals surface area contributed by atoms with Crippen LogP contribution in [0.1, 0.15) is 23.3 Å². The van der Waals surface area contributed by atoms with Gasteiger partial charge in [-0.25, -0.2) is 4.79 Å². The van der Waals surface area contributed by atoms with Gasteiger partial charge in [0, 0.05) is 31.2 Å². The molecular weight excluding hydrogens is 466 g/mol. The molecule has 0 bridgehead atoms. The number of amides is 1. The molecule has 0 N–H and O–H groups in total. The van der Waals surface area contributed by atoms with E-state index in [0.717, 1.165) is 5.56 Å². The first-order valence-electron chi connectivity index (χ1n) is 10.7. The van der Waals surface area contributed by atoms with Gasteiger partial charge in [-0.05, 0) is 30.7 Å². The van der Waals surface area contributed by atoms with Gasteiger partial charge in [-0.1, -0.05) is 41.6 Å². The van der Waals surface area contributed by atoms with Crippen molar-refractivity contribution < 1.29 is 18.7 Å². The van der Waals surface area contributed by atoms with Crippen LogP contribution in [-0.2, 0) is 4.74 Å². The van der Waals surface area contributed by atoms with E-state index in [2.05, 4.69) is 15.0 Å². The number of fused-ring (bicyclic) bond motifs is 1. The number of aromatic nitrogens is 3. The third-order valence-electron chi connectivity index (χ3n) is 5.75. The fraction of sp³-hybridized carbons (Fsp3) is 0.364. The molecule has 1 saturated heterocycles. The molecule has 5 rings (SSSR count). The Morgan fingerprint density at radius 3 is 2.70 bits per heavy atom. The first-order valence-corrected chi connectivity index (χ1v) is 11.9. The highest BCUT2D eigenvalue weighted by atomic mass is 35.5. The van der Waals surface area contributed by atoms with Crippen molar-refractivity contribution >= 4 is 35.4 Å². The zero-order valence-corrected chi connectivity index (χ0v) is 19.5. The van der Waals surface area contributed by atoms with Crippen LogP contribution in [0.4, 0.5) is 4.79 Å². The van der Waals surface area contributed by atoms with Gasteiger partial charge in [0.25, 0.3) is 5.91 Å². The quantitative estimate of drug-likeness (QED) is 0.536. The first-order chi connectivity index (χ1) is 16.1. The Morgan fingerprint density at radius 1 is 1.24 bits per heavy atom.